The predicted molar refractivity (Wildman–Crippen MR) is 59.2 cm³/mol. The second kappa shape index (κ2) is 7.38. The summed E-state index contributed by atoms with van der Waals surface area (Å²) >= 11 is 0. The lowest BCUT2D eigenvalue weighted by atomic mass is 10.3. The normalized spacial score (nSPS) is 11.3. The Bertz CT molecular complexity index is 202. The Hall–Kier alpha value is -1.03. The highest BCUT2D eigenvalue weighted by atomic mass is 16.3. The fraction of sp³-hybridized carbons (Fsp3) is 0.700. The van der Waals surface area contributed by atoms with Crippen LogP contribution in [0.15, 0.2) is 11.8 Å². The third-order valence-electron chi connectivity index (χ3n) is 1.99. The van der Waals surface area contributed by atoms with Crippen LogP contribution in [0.25, 0.3) is 0 Å². The summed E-state index contributed by atoms with van der Waals surface area (Å²) in [7, 11) is 1.78. The smallest absolute Gasteiger partial charge is 0.123 e. The molecule has 0 heterocycles. The van der Waals surface area contributed by atoms with E-state index >= 15 is 0 Å². The van der Waals surface area contributed by atoms with Crippen molar-refractivity contribution in [1.82, 2.24) is 10.2 Å². The van der Waals surface area contributed by atoms with Gasteiger partial charge in [0.25, 0.3) is 0 Å². The molecular weight excluding hydrogens is 178 g/mol. The van der Waals surface area contributed by atoms with Crippen molar-refractivity contribution in [2.24, 2.45) is 0 Å². The molecule has 0 aromatic heterocycles. The molecule has 3 N–H and O–H groups in total. The number of aliphatic hydroxyl groups is 1. The van der Waals surface area contributed by atoms with Gasteiger partial charge in [0.05, 0.1) is 6.67 Å². The first-order chi connectivity index (χ1) is 6.65. The Morgan fingerprint density at radius 1 is 1.50 bits per heavy atom. The molecule has 0 bridgehead atoms. The monoisotopic (exact) mass is 199 g/mol. The number of allylic oxidation sites excluding steroid dienone is 2. The highest BCUT2D eigenvalue weighted by Gasteiger charge is 2.01. The van der Waals surface area contributed by atoms with Crippen molar-refractivity contribution >= 4 is 5.84 Å². The first kappa shape index (κ1) is 13.0. The number of hydrogen-bond donors (Lipinski definition) is 3. The number of rotatable bonds is 6. The van der Waals surface area contributed by atoms with Crippen molar-refractivity contribution in [1.29, 1.82) is 5.41 Å². The Morgan fingerprint density at radius 2 is 2.14 bits per heavy atom. The van der Waals surface area contributed by atoms with Crippen molar-refractivity contribution in [2.45, 2.75) is 26.7 Å². The van der Waals surface area contributed by atoms with Crippen LogP contribution in [0, 0.1) is 5.41 Å². The van der Waals surface area contributed by atoms with Crippen LogP contribution in [0.3, 0.4) is 0 Å². The minimum absolute atomic E-state index is 0.211. The van der Waals surface area contributed by atoms with E-state index in [1.165, 1.54) is 5.70 Å². The van der Waals surface area contributed by atoms with E-state index in [4.69, 9.17) is 10.5 Å². The molecule has 0 amide bonds. The SMILES string of the molecule is CC/C=C(\CC)NCN(C)C(=N)CO. The lowest BCUT2D eigenvalue weighted by Gasteiger charge is -2.20. The third-order valence-corrected chi connectivity index (χ3v) is 1.99. The summed E-state index contributed by atoms with van der Waals surface area (Å²) in [5.74, 6) is 0.226. The van der Waals surface area contributed by atoms with Crippen molar-refractivity contribution in [3.8, 4) is 0 Å². The molecule has 4 heteroatoms. The van der Waals surface area contributed by atoms with E-state index in [-0.39, 0.29) is 12.4 Å². The summed E-state index contributed by atoms with van der Waals surface area (Å²) in [4.78, 5) is 1.68. The van der Waals surface area contributed by atoms with E-state index in [1.54, 1.807) is 11.9 Å². The first-order valence-electron chi connectivity index (χ1n) is 4.98. The van der Waals surface area contributed by atoms with Crippen molar-refractivity contribution in [3.63, 3.8) is 0 Å². The third kappa shape index (κ3) is 4.87. The Kier molecular flexibility index (Phi) is 6.84. The first-order valence-corrected chi connectivity index (χ1v) is 4.98. The molecule has 0 spiro atoms. The lowest BCUT2D eigenvalue weighted by molar-refractivity contribution is 0.327. The van der Waals surface area contributed by atoms with Crippen molar-refractivity contribution in [2.75, 3.05) is 20.3 Å². The number of aliphatic hydroxyl groups excluding tert-OH is 1. The molecule has 0 radical (unpaired) electrons. The fourth-order valence-electron chi connectivity index (χ4n) is 1.02. The molecule has 82 valence electrons. The summed E-state index contributed by atoms with van der Waals surface area (Å²) in [6.45, 7) is 4.54. The number of nitrogens with zero attached hydrogens (tertiary/aromatic N) is 1. The van der Waals surface area contributed by atoms with Crippen LogP contribution in [0.4, 0.5) is 0 Å². The van der Waals surface area contributed by atoms with Crippen LogP contribution < -0.4 is 5.32 Å². The molecule has 0 aromatic rings. The molecule has 0 aliphatic rings. The lowest BCUT2D eigenvalue weighted by Crippen LogP contribution is -2.36. The maximum atomic E-state index is 8.72. The number of amidine groups is 1. The van der Waals surface area contributed by atoms with Crippen LogP contribution in [0.2, 0.25) is 0 Å². The van der Waals surface area contributed by atoms with Gasteiger partial charge in [-0.2, -0.15) is 0 Å². The highest BCUT2D eigenvalue weighted by molar-refractivity contribution is 5.79. The summed E-state index contributed by atoms with van der Waals surface area (Å²) in [6, 6.07) is 0. The van der Waals surface area contributed by atoms with Crippen LogP contribution in [-0.2, 0) is 0 Å². The molecule has 0 saturated carbocycles. The molecule has 0 rings (SSSR count). The largest absolute Gasteiger partial charge is 0.388 e. The zero-order valence-electron chi connectivity index (χ0n) is 9.30. The molecule has 0 aromatic carbocycles. The average Bonchev–Trinajstić information content (AvgIpc) is 2.22. The predicted octanol–water partition coefficient (Wildman–Crippen LogP) is 1.14. The van der Waals surface area contributed by atoms with Crippen molar-refractivity contribution < 1.29 is 5.11 Å². The van der Waals surface area contributed by atoms with Gasteiger partial charge in [0.2, 0.25) is 0 Å². The van der Waals surface area contributed by atoms with Gasteiger partial charge >= 0.3 is 0 Å². The Balaban J connectivity index is 3.91. The van der Waals surface area contributed by atoms with Crippen molar-refractivity contribution in [3.05, 3.63) is 11.8 Å². The zero-order chi connectivity index (χ0) is 11.0. The highest BCUT2D eigenvalue weighted by Crippen LogP contribution is 1.97. The van der Waals surface area contributed by atoms with Gasteiger partial charge in [-0.15, -0.1) is 0 Å². The van der Waals surface area contributed by atoms with Crippen LogP contribution in [0.5, 0.6) is 0 Å². The van der Waals surface area contributed by atoms with Gasteiger partial charge < -0.3 is 15.3 Å². The van der Waals surface area contributed by atoms with Gasteiger partial charge in [-0.1, -0.05) is 19.9 Å². The molecule has 4 nitrogen and oxygen atoms in total. The fourth-order valence-corrected chi connectivity index (χ4v) is 1.02. The molecule has 0 unspecified atom stereocenters. The van der Waals surface area contributed by atoms with Gasteiger partial charge in [-0.3, -0.25) is 5.41 Å². The average molecular weight is 199 g/mol. The van der Waals surface area contributed by atoms with Crippen LogP contribution >= 0.6 is 0 Å². The Morgan fingerprint density at radius 3 is 2.57 bits per heavy atom. The quantitative estimate of drug-likeness (QED) is 0.341. The summed E-state index contributed by atoms with van der Waals surface area (Å²) < 4.78 is 0. The molecular formula is C10H21N3O. The number of likely N-dealkylation sites (N-methyl/N-ethyl adjacent to an activating group) is 1. The molecule has 0 aliphatic carbocycles. The zero-order valence-corrected chi connectivity index (χ0v) is 9.30. The molecule has 0 aliphatic heterocycles. The maximum absolute atomic E-state index is 8.72. The van der Waals surface area contributed by atoms with E-state index in [1.807, 2.05) is 0 Å². The van der Waals surface area contributed by atoms with E-state index in [0.29, 0.717) is 6.67 Å². The second-order valence-corrected chi connectivity index (χ2v) is 3.13. The Labute approximate surface area is 86.1 Å². The summed E-state index contributed by atoms with van der Waals surface area (Å²) in [5, 5.41) is 19.3. The number of nitrogens with one attached hydrogen (secondary N) is 2. The van der Waals surface area contributed by atoms with E-state index in [2.05, 4.69) is 25.2 Å². The summed E-state index contributed by atoms with van der Waals surface area (Å²) in [6.07, 6.45) is 4.11. The summed E-state index contributed by atoms with van der Waals surface area (Å²) in [5.41, 5.74) is 1.19. The molecule has 14 heavy (non-hydrogen) atoms. The topological polar surface area (TPSA) is 59.4 Å². The van der Waals surface area contributed by atoms with E-state index in [0.717, 1.165) is 12.8 Å². The van der Waals surface area contributed by atoms with E-state index < -0.39 is 0 Å². The van der Waals surface area contributed by atoms with Gasteiger partial charge in [-0.05, 0) is 12.8 Å². The van der Waals surface area contributed by atoms with Gasteiger partial charge in [0.1, 0.15) is 12.4 Å². The van der Waals surface area contributed by atoms with Gasteiger partial charge in [-0.25, -0.2) is 0 Å². The van der Waals surface area contributed by atoms with Gasteiger partial charge in [0.15, 0.2) is 0 Å². The van der Waals surface area contributed by atoms with Crippen LogP contribution in [0.1, 0.15) is 26.7 Å². The maximum Gasteiger partial charge on any atom is 0.123 e. The molecule has 0 fully saturated rings. The molecule has 0 atom stereocenters. The van der Waals surface area contributed by atoms with Crippen LogP contribution in [-0.4, -0.2) is 36.2 Å². The minimum Gasteiger partial charge on any atom is -0.388 e. The van der Waals surface area contributed by atoms with Gasteiger partial charge in [0, 0.05) is 12.7 Å². The van der Waals surface area contributed by atoms with E-state index in [9.17, 15) is 0 Å². The second-order valence-electron chi connectivity index (χ2n) is 3.13. The standard InChI is InChI=1S/C10H21N3O/c1-4-6-9(5-2)12-8-13(3)10(11)7-14/h6,11-12,14H,4-5,7-8H2,1-3H3/b9-6+,11-10?. The number of hydrogen-bond acceptors (Lipinski definition) is 3. The molecule has 0 saturated heterocycles. The minimum atomic E-state index is -0.211.